The van der Waals surface area contributed by atoms with Crippen molar-refractivity contribution in [3.63, 3.8) is 0 Å². The second kappa shape index (κ2) is 4.92. The lowest BCUT2D eigenvalue weighted by Gasteiger charge is -2.21. The molecule has 2 N–H and O–H groups in total. The number of aromatic nitrogens is 1. The number of carbonyl (C=O) groups excluding carboxylic acids is 1. The van der Waals surface area contributed by atoms with E-state index in [9.17, 15) is 9.59 Å². The van der Waals surface area contributed by atoms with Crippen molar-refractivity contribution in [1.82, 2.24) is 15.4 Å². The first-order valence-corrected chi connectivity index (χ1v) is 5.39. The van der Waals surface area contributed by atoms with Gasteiger partial charge in [-0.05, 0) is 25.0 Å². The number of amides is 1. The summed E-state index contributed by atoms with van der Waals surface area (Å²) in [7, 11) is 0. The van der Waals surface area contributed by atoms with Crippen molar-refractivity contribution in [3.8, 4) is 0 Å². The molecule has 1 aliphatic rings. The summed E-state index contributed by atoms with van der Waals surface area (Å²) < 4.78 is 0. The third-order valence-corrected chi connectivity index (χ3v) is 2.71. The molecule has 1 aromatic heterocycles. The molecule has 1 aromatic rings. The zero-order valence-electron chi connectivity index (χ0n) is 9.17. The largest absolute Gasteiger partial charge is 0.480 e. The van der Waals surface area contributed by atoms with Crippen LogP contribution < -0.4 is 5.43 Å². The number of hydrogen-bond acceptors (Lipinski definition) is 4. The summed E-state index contributed by atoms with van der Waals surface area (Å²) in [5.41, 5.74) is 3.02. The standard InChI is InChI=1S/C11H13N3O3/c15-10(8-3-1-5-12-7-8)13-14-6-2-4-9(14)11(16)17/h1,3,5,7,9H,2,4,6H2,(H,13,15)(H,16,17). The Morgan fingerprint density at radius 2 is 2.35 bits per heavy atom. The Kier molecular flexibility index (Phi) is 3.34. The van der Waals surface area contributed by atoms with E-state index in [4.69, 9.17) is 5.11 Å². The molecule has 0 radical (unpaired) electrons. The third-order valence-electron chi connectivity index (χ3n) is 2.71. The Hall–Kier alpha value is -1.95. The van der Waals surface area contributed by atoms with E-state index in [1.165, 1.54) is 11.2 Å². The molecule has 1 amide bonds. The van der Waals surface area contributed by atoms with E-state index in [1.54, 1.807) is 18.3 Å². The van der Waals surface area contributed by atoms with E-state index in [-0.39, 0.29) is 5.91 Å². The number of nitrogens with one attached hydrogen (secondary N) is 1. The number of pyridine rings is 1. The van der Waals surface area contributed by atoms with Crippen LogP contribution in [0.5, 0.6) is 0 Å². The maximum absolute atomic E-state index is 11.8. The zero-order chi connectivity index (χ0) is 12.3. The molecule has 17 heavy (non-hydrogen) atoms. The number of carboxylic acids is 1. The van der Waals surface area contributed by atoms with Crippen molar-refractivity contribution < 1.29 is 14.7 Å². The fourth-order valence-electron chi connectivity index (χ4n) is 1.85. The van der Waals surface area contributed by atoms with E-state index in [0.29, 0.717) is 18.5 Å². The summed E-state index contributed by atoms with van der Waals surface area (Å²) in [5.74, 6) is -1.24. The minimum absolute atomic E-state index is 0.328. The summed E-state index contributed by atoms with van der Waals surface area (Å²) in [4.78, 5) is 26.5. The number of hydrogen-bond donors (Lipinski definition) is 2. The first-order chi connectivity index (χ1) is 8.18. The molecule has 90 valence electrons. The van der Waals surface area contributed by atoms with Crippen LogP contribution in [0.1, 0.15) is 23.2 Å². The lowest BCUT2D eigenvalue weighted by molar-refractivity contribution is -0.142. The van der Waals surface area contributed by atoms with Crippen molar-refractivity contribution in [3.05, 3.63) is 30.1 Å². The van der Waals surface area contributed by atoms with Crippen molar-refractivity contribution >= 4 is 11.9 Å². The summed E-state index contributed by atoms with van der Waals surface area (Å²) in [5, 5.41) is 10.4. The summed E-state index contributed by atoms with van der Waals surface area (Å²) in [6.45, 7) is 0.559. The first-order valence-electron chi connectivity index (χ1n) is 5.39. The molecular weight excluding hydrogens is 222 g/mol. The highest BCUT2D eigenvalue weighted by molar-refractivity contribution is 5.93. The lowest BCUT2D eigenvalue weighted by Crippen LogP contribution is -2.48. The van der Waals surface area contributed by atoms with Crippen LogP contribution in [-0.4, -0.2) is 39.6 Å². The topological polar surface area (TPSA) is 82.5 Å². The molecule has 6 nitrogen and oxygen atoms in total. The van der Waals surface area contributed by atoms with Gasteiger partial charge in [-0.25, -0.2) is 5.01 Å². The quantitative estimate of drug-likeness (QED) is 0.786. The molecule has 1 saturated heterocycles. The normalized spacial score (nSPS) is 20.1. The molecule has 0 saturated carbocycles. The van der Waals surface area contributed by atoms with Crippen molar-refractivity contribution in [2.45, 2.75) is 18.9 Å². The highest BCUT2D eigenvalue weighted by Gasteiger charge is 2.31. The number of hydrazine groups is 1. The van der Waals surface area contributed by atoms with Crippen LogP contribution in [0.15, 0.2) is 24.5 Å². The Labute approximate surface area is 98.2 Å². The van der Waals surface area contributed by atoms with Crippen LogP contribution in [0.4, 0.5) is 0 Å². The van der Waals surface area contributed by atoms with E-state index < -0.39 is 12.0 Å². The SMILES string of the molecule is O=C(NN1CCCC1C(=O)O)c1cccnc1. The summed E-state index contributed by atoms with van der Waals surface area (Å²) in [6, 6.07) is 2.66. The molecule has 1 aliphatic heterocycles. The van der Waals surface area contributed by atoms with Gasteiger partial charge in [0.2, 0.25) is 0 Å². The lowest BCUT2D eigenvalue weighted by atomic mass is 10.2. The highest BCUT2D eigenvalue weighted by atomic mass is 16.4. The van der Waals surface area contributed by atoms with Gasteiger partial charge in [0.25, 0.3) is 5.91 Å². The molecule has 1 unspecified atom stereocenters. The smallest absolute Gasteiger partial charge is 0.322 e. The first kappa shape index (κ1) is 11.5. The Balaban J connectivity index is 2.02. The van der Waals surface area contributed by atoms with Crippen LogP contribution in [0, 0.1) is 0 Å². The number of carboxylic acid groups (broad SMARTS) is 1. The highest BCUT2D eigenvalue weighted by Crippen LogP contribution is 2.15. The molecule has 0 bridgehead atoms. The van der Waals surface area contributed by atoms with Crippen molar-refractivity contribution in [1.29, 1.82) is 0 Å². The molecule has 1 fully saturated rings. The minimum atomic E-state index is -0.908. The molecule has 0 spiro atoms. The Bertz CT molecular complexity index is 421. The average molecular weight is 235 g/mol. The molecule has 0 aromatic carbocycles. The van der Waals surface area contributed by atoms with Gasteiger partial charge in [-0.15, -0.1) is 0 Å². The minimum Gasteiger partial charge on any atom is -0.480 e. The van der Waals surface area contributed by atoms with Crippen LogP contribution in [-0.2, 0) is 4.79 Å². The summed E-state index contributed by atoms with van der Waals surface area (Å²) >= 11 is 0. The predicted molar refractivity (Wildman–Crippen MR) is 59.1 cm³/mol. The van der Waals surface area contributed by atoms with Crippen LogP contribution in [0.3, 0.4) is 0 Å². The molecule has 1 atom stereocenters. The van der Waals surface area contributed by atoms with Crippen molar-refractivity contribution in [2.75, 3.05) is 6.54 Å². The van der Waals surface area contributed by atoms with Gasteiger partial charge in [0.15, 0.2) is 0 Å². The number of nitrogens with zero attached hydrogens (tertiary/aromatic N) is 2. The Morgan fingerprint density at radius 1 is 1.53 bits per heavy atom. The number of carbonyl (C=O) groups is 2. The predicted octanol–water partition coefficient (Wildman–Crippen LogP) is 0.275. The average Bonchev–Trinajstić information content (AvgIpc) is 2.78. The van der Waals surface area contributed by atoms with Gasteiger partial charge >= 0.3 is 5.97 Å². The van der Waals surface area contributed by atoms with Gasteiger partial charge in [-0.3, -0.25) is 20.0 Å². The van der Waals surface area contributed by atoms with E-state index in [1.807, 2.05) is 0 Å². The third kappa shape index (κ3) is 2.59. The van der Waals surface area contributed by atoms with Gasteiger partial charge in [0.1, 0.15) is 6.04 Å². The number of aliphatic carboxylic acids is 1. The molecule has 0 aliphatic carbocycles. The summed E-state index contributed by atoms with van der Waals surface area (Å²) in [6.07, 6.45) is 4.35. The maximum atomic E-state index is 11.8. The molecule has 2 rings (SSSR count). The van der Waals surface area contributed by atoms with Gasteiger partial charge in [-0.2, -0.15) is 0 Å². The fourth-order valence-corrected chi connectivity index (χ4v) is 1.85. The van der Waals surface area contributed by atoms with Crippen LogP contribution in [0.2, 0.25) is 0 Å². The molecule has 2 heterocycles. The number of rotatable bonds is 3. The van der Waals surface area contributed by atoms with Gasteiger partial charge < -0.3 is 5.11 Å². The molecular formula is C11H13N3O3. The van der Waals surface area contributed by atoms with E-state index in [2.05, 4.69) is 10.4 Å². The Morgan fingerprint density at radius 3 is 3.00 bits per heavy atom. The maximum Gasteiger partial charge on any atom is 0.322 e. The monoisotopic (exact) mass is 235 g/mol. The van der Waals surface area contributed by atoms with E-state index in [0.717, 1.165) is 6.42 Å². The van der Waals surface area contributed by atoms with Gasteiger partial charge in [-0.1, -0.05) is 0 Å². The second-order valence-corrected chi connectivity index (χ2v) is 3.87. The van der Waals surface area contributed by atoms with Gasteiger partial charge in [0, 0.05) is 18.9 Å². The van der Waals surface area contributed by atoms with Crippen molar-refractivity contribution in [2.24, 2.45) is 0 Å². The van der Waals surface area contributed by atoms with E-state index >= 15 is 0 Å². The zero-order valence-corrected chi connectivity index (χ0v) is 9.17. The van der Waals surface area contributed by atoms with Crippen LogP contribution >= 0.6 is 0 Å². The van der Waals surface area contributed by atoms with Gasteiger partial charge in [0.05, 0.1) is 5.56 Å². The van der Waals surface area contributed by atoms with Crippen LogP contribution in [0.25, 0.3) is 0 Å². The fraction of sp³-hybridized carbons (Fsp3) is 0.364. The molecule has 6 heteroatoms. The second-order valence-electron chi connectivity index (χ2n) is 3.87.